The molecule has 4 nitrogen and oxygen atoms in total. The van der Waals surface area contributed by atoms with Crippen molar-refractivity contribution in [3.63, 3.8) is 0 Å². The highest BCUT2D eigenvalue weighted by Gasteiger charge is 2.23. The highest BCUT2D eigenvalue weighted by molar-refractivity contribution is 6.28. The monoisotopic (exact) mass is 1020 g/mol. The van der Waals surface area contributed by atoms with Crippen molar-refractivity contribution in [2.24, 2.45) is 0 Å². The molecule has 0 fully saturated rings. The van der Waals surface area contributed by atoms with Gasteiger partial charge in [-0.05, 0) is 128 Å². The molecule has 14 aromatic carbocycles. The average molecular weight is 1020 g/mol. The number of fused-ring (bicyclic) bond motifs is 6. The summed E-state index contributed by atoms with van der Waals surface area (Å²) in [7, 11) is 0. The van der Waals surface area contributed by atoms with Gasteiger partial charge in [0.25, 0.3) is 0 Å². The molecular weight excluding hydrogens is 973 g/mol. The van der Waals surface area contributed by atoms with E-state index in [1.165, 1.54) is 54.6 Å². The molecule has 0 aliphatic heterocycles. The zero-order chi connectivity index (χ0) is 52.7. The molecule has 0 aliphatic rings. The lowest BCUT2D eigenvalue weighted by Crippen LogP contribution is -2.11. The fraction of sp³-hybridized carbons (Fsp3) is 0. The van der Waals surface area contributed by atoms with Crippen molar-refractivity contribution in [3.05, 3.63) is 291 Å². The van der Waals surface area contributed by atoms with E-state index >= 15 is 0 Å². The third kappa shape index (κ3) is 7.45. The van der Waals surface area contributed by atoms with Crippen molar-refractivity contribution in [2.75, 3.05) is 9.80 Å². The molecular formula is C76H48N2O2. The van der Waals surface area contributed by atoms with Crippen LogP contribution in [0.1, 0.15) is 0 Å². The second-order valence-corrected chi connectivity index (χ2v) is 20.7. The summed E-state index contributed by atoms with van der Waals surface area (Å²) in [5.74, 6) is 0. The van der Waals surface area contributed by atoms with E-state index in [1.54, 1.807) is 0 Å². The van der Waals surface area contributed by atoms with Crippen LogP contribution in [-0.2, 0) is 0 Å². The molecule has 4 heteroatoms. The topological polar surface area (TPSA) is 32.8 Å². The lowest BCUT2D eigenvalue weighted by atomic mass is 9.91. The van der Waals surface area contributed by atoms with Crippen LogP contribution in [-0.4, -0.2) is 0 Å². The lowest BCUT2D eigenvalue weighted by molar-refractivity contribution is 0.669. The van der Waals surface area contributed by atoms with Gasteiger partial charge in [-0.25, -0.2) is 0 Å². The molecule has 0 N–H and O–H groups in total. The quantitative estimate of drug-likeness (QED) is 0.128. The van der Waals surface area contributed by atoms with E-state index in [4.69, 9.17) is 8.83 Å². The Morgan fingerprint density at radius 1 is 0.212 bits per heavy atom. The van der Waals surface area contributed by atoms with E-state index in [2.05, 4.69) is 277 Å². The minimum absolute atomic E-state index is 0.894. The molecule has 16 rings (SSSR count). The Bertz CT molecular complexity index is 4650. The van der Waals surface area contributed by atoms with E-state index in [-0.39, 0.29) is 0 Å². The highest BCUT2D eigenvalue weighted by atomic mass is 16.3. The number of hydrogen-bond acceptors (Lipinski definition) is 4. The van der Waals surface area contributed by atoms with E-state index in [1.807, 2.05) is 24.3 Å². The van der Waals surface area contributed by atoms with Crippen molar-refractivity contribution < 1.29 is 8.83 Å². The molecule has 80 heavy (non-hydrogen) atoms. The van der Waals surface area contributed by atoms with Crippen LogP contribution < -0.4 is 9.80 Å². The fourth-order valence-corrected chi connectivity index (χ4v) is 12.4. The third-order valence-corrected chi connectivity index (χ3v) is 16.2. The molecule has 0 aliphatic carbocycles. The van der Waals surface area contributed by atoms with Crippen LogP contribution >= 0.6 is 0 Å². The van der Waals surface area contributed by atoms with Crippen LogP contribution in [0.3, 0.4) is 0 Å². The van der Waals surface area contributed by atoms with Gasteiger partial charge in [-0.3, -0.25) is 0 Å². The van der Waals surface area contributed by atoms with Gasteiger partial charge in [-0.2, -0.15) is 0 Å². The first-order chi connectivity index (χ1) is 39.7. The Balaban J connectivity index is 0.851. The molecule has 0 radical (unpaired) electrons. The molecule has 0 bridgehead atoms. The van der Waals surface area contributed by atoms with E-state index in [9.17, 15) is 0 Å². The van der Waals surface area contributed by atoms with Gasteiger partial charge in [-0.15, -0.1) is 0 Å². The molecule has 0 saturated heterocycles. The van der Waals surface area contributed by atoms with Crippen LogP contribution in [0.2, 0.25) is 0 Å². The largest absolute Gasteiger partial charge is 0.455 e. The minimum Gasteiger partial charge on any atom is -0.455 e. The first kappa shape index (κ1) is 45.5. The fourth-order valence-electron chi connectivity index (χ4n) is 12.4. The van der Waals surface area contributed by atoms with Gasteiger partial charge in [0.2, 0.25) is 0 Å². The first-order valence-corrected chi connectivity index (χ1v) is 27.3. The molecule has 0 atom stereocenters. The Morgan fingerprint density at radius 2 is 0.537 bits per heavy atom. The molecule has 0 saturated carbocycles. The molecule has 16 aromatic rings. The molecule has 2 heterocycles. The molecule has 0 amide bonds. The van der Waals surface area contributed by atoms with Gasteiger partial charge in [-0.1, -0.05) is 218 Å². The third-order valence-electron chi connectivity index (χ3n) is 16.2. The maximum absolute atomic E-state index is 6.53. The van der Waals surface area contributed by atoms with Crippen molar-refractivity contribution in [3.8, 4) is 44.5 Å². The number of furan rings is 2. The van der Waals surface area contributed by atoms with Gasteiger partial charge in [0.1, 0.15) is 22.3 Å². The zero-order valence-electron chi connectivity index (χ0n) is 43.4. The van der Waals surface area contributed by atoms with Crippen molar-refractivity contribution in [2.45, 2.75) is 0 Å². The van der Waals surface area contributed by atoms with Gasteiger partial charge in [0.15, 0.2) is 0 Å². The predicted molar refractivity (Wildman–Crippen MR) is 336 cm³/mol. The normalized spacial score (nSPS) is 11.8. The molecule has 374 valence electrons. The SMILES string of the molecule is c1ccc(-c2ccc(N(c3ccc(-c4cccc5c4oc4ccccc45)cc3)c3ccc4ccc5c(N(c6ccc(-c7ccccc7)cc6)c6ccc(-c7cccc8c7oc7ccccc78)cc6)ccc6ccc3c4c65)cc2)cc1. The van der Waals surface area contributed by atoms with Crippen LogP contribution in [0.5, 0.6) is 0 Å². The standard InChI is InChI=1S/C76H48N2O2/c1-3-13-49(14-4-1)51-25-37-57(38-26-51)77(59-41-29-53(30-42-59)61-19-11-21-65-63-17-7-9-23-71(63)79-75(61)65)69-47-35-55-34-46-68-70(48-36-56-33-45-67(69)73(55)74(56)68)78(58-39-27-52(28-40-58)50-15-5-2-6-16-50)60-43-31-54(32-44-60)62-20-12-22-66-64-18-8-10-24-72(64)80-76(62)66/h1-48H. The minimum atomic E-state index is 0.894. The maximum Gasteiger partial charge on any atom is 0.143 e. The van der Waals surface area contributed by atoms with Crippen molar-refractivity contribution in [1.82, 2.24) is 0 Å². The van der Waals surface area contributed by atoms with Crippen molar-refractivity contribution >= 4 is 110 Å². The number of rotatable bonds is 10. The maximum atomic E-state index is 6.53. The highest BCUT2D eigenvalue weighted by Crippen LogP contribution is 2.49. The van der Waals surface area contributed by atoms with Gasteiger partial charge in [0, 0.05) is 66.2 Å². The Labute approximate surface area is 462 Å². The summed E-state index contributed by atoms with van der Waals surface area (Å²) in [5.41, 5.74) is 19.1. The summed E-state index contributed by atoms with van der Waals surface area (Å²) in [6, 6.07) is 105. The summed E-state index contributed by atoms with van der Waals surface area (Å²) in [5, 5.41) is 11.7. The molecule has 0 unspecified atom stereocenters. The van der Waals surface area contributed by atoms with E-state index < -0.39 is 0 Å². The second kappa shape index (κ2) is 18.5. The predicted octanol–water partition coefficient (Wildman–Crippen LogP) is 22.0. The van der Waals surface area contributed by atoms with Gasteiger partial charge in [0.05, 0.1) is 11.4 Å². The molecule has 0 spiro atoms. The number of hydrogen-bond donors (Lipinski definition) is 0. The van der Waals surface area contributed by atoms with Gasteiger partial charge < -0.3 is 18.6 Å². The summed E-state index contributed by atoms with van der Waals surface area (Å²) in [4.78, 5) is 4.84. The van der Waals surface area contributed by atoms with E-state index in [0.717, 1.165) is 100 Å². The number of nitrogens with zero attached hydrogens (tertiary/aromatic N) is 2. The van der Waals surface area contributed by atoms with Crippen LogP contribution in [0, 0.1) is 0 Å². The summed E-state index contributed by atoms with van der Waals surface area (Å²) >= 11 is 0. The number of para-hydroxylation sites is 4. The number of anilines is 6. The second-order valence-electron chi connectivity index (χ2n) is 20.7. The Hall–Kier alpha value is -10.7. The van der Waals surface area contributed by atoms with Crippen LogP contribution in [0.25, 0.3) is 121 Å². The van der Waals surface area contributed by atoms with Gasteiger partial charge >= 0.3 is 0 Å². The molecule has 2 aromatic heterocycles. The smallest absolute Gasteiger partial charge is 0.143 e. The van der Waals surface area contributed by atoms with Crippen LogP contribution in [0.15, 0.2) is 300 Å². The Kier molecular flexibility index (Phi) is 10.5. The summed E-state index contributed by atoms with van der Waals surface area (Å²) in [6.45, 7) is 0. The first-order valence-electron chi connectivity index (χ1n) is 27.3. The van der Waals surface area contributed by atoms with Crippen LogP contribution in [0.4, 0.5) is 34.1 Å². The zero-order valence-corrected chi connectivity index (χ0v) is 43.4. The summed E-state index contributed by atoms with van der Waals surface area (Å²) < 4.78 is 13.1. The summed E-state index contributed by atoms with van der Waals surface area (Å²) in [6.07, 6.45) is 0. The lowest BCUT2D eigenvalue weighted by Gasteiger charge is -2.29. The number of benzene rings is 14. The van der Waals surface area contributed by atoms with Crippen molar-refractivity contribution in [1.29, 1.82) is 0 Å². The Morgan fingerprint density at radius 3 is 0.938 bits per heavy atom. The average Bonchev–Trinajstić information content (AvgIpc) is 4.19. The van der Waals surface area contributed by atoms with E-state index in [0.29, 0.717) is 0 Å².